The van der Waals surface area contributed by atoms with E-state index >= 15 is 0 Å². The Bertz CT molecular complexity index is 481. The van der Waals surface area contributed by atoms with E-state index in [1.807, 2.05) is 0 Å². The van der Waals surface area contributed by atoms with Gasteiger partial charge in [0.2, 0.25) is 5.91 Å². The third-order valence-corrected chi connectivity index (χ3v) is 3.14. The van der Waals surface area contributed by atoms with E-state index in [0.29, 0.717) is 11.3 Å². The van der Waals surface area contributed by atoms with Crippen LogP contribution in [-0.4, -0.2) is 23.4 Å². The third kappa shape index (κ3) is 2.48. The molecule has 96 valence electrons. The number of carbonyl (C=O) groups is 1. The molecule has 1 atom stereocenters. The maximum absolute atomic E-state index is 11.9. The summed E-state index contributed by atoms with van der Waals surface area (Å²) in [6.45, 7) is 2.47. The summed E-state index contributed by atoms with van der Waals surface area (Å²) in [5.41, 5.74) is 1.00. The van der Waals surface area contributed by atoms with Crippen LogP contribution >= 0.6 is 0 Å². The van der Waals surface area contributed by atoms with Gasteiger partial charge in [-0.3, -0.25) is 14.9 Å². The standard InChI is InChI=1S/C12H15N3O3/c1-8-9(4-2-6-11(8)15(17)18)14-12(16)10-5-3-7-13-10/h2,4,6,10,13H,3,5,7H2,1H3,(H,14,16)/t10-/m0/s1. The van der Waals surface area contributed by atoms with Crippen molar-refractivity contribution in [3.63, 3.8) is 0 Å². The van der Waals surface area contributed by atoms with E-state index in [1.165, 1.54) is 6.07 Å². The second-order valence-corrected chi connectivity index (χ2v) is 4.34. The molecule has 0 bridgehead atoms. The summed E-state index contributed by atoms with van der Waals surface area (Å²) < 4.78 is 0. The van der Waals surface area contributed by atoms with Gasteiger partial charge >= 0.3 is 0 Å². The number of nitro groups is 1. The number of benzene rings is 1. The molecule has 2 rings (SSSR count). The van der Waals surface area contributed by atoms with Crippen molar-refractivity contribution in [2.45, 2.75) is 25.8 Å². The Morgan fingerprint density at radius 1 is 1.56 bits per heavy atom. The van der Waals surface area contributed by atoms with Crippen LogP contribution in [-0.2, 0) is 4.79 Å². The van der Waals surface area contributed by atoms with Crippen LogP contribution in [0.25, 0.3) is 0 Å². The smallest absolute Gasteiger partial charge is 0.274 e. The number of rotatable bonds is 3. The van der Waals surface area contributed by atoms with Gasteiger partial charge < -0.3 is 10.6 Å². The fraction of sp³-hybridized carbons (Fsp3) is 0.417. The molecule has 1 saturated heterocycles. The summed E-state index contributed by atoms with van der Waals surface area (Å²) in [6.07, 6.45) is 1.78. The van der Waals surface area contributed by atoms with Crippen molar-refractivity contribution in [1.82, 2.24) is 5.32 Å². The molecule has 1 heterocycles. The summed E-state index contributed by atoms with van der Waals surface area (Å²) in [4.78, 5) is 22.3. The van der Waals surface area contributed by atoms with Crippen LogP contribution in [0.4, 0.5) is 11.4 Å². The SMILES string of the molecule is Cc1c(NC(=O)[C@@H]2CCCN2)cccc1[N+](=O)[O-]. The largest absolute Gasteiger partial charge is 0.324 e. The molecule has 0 spiro atoms. The highest BCUT2D eigenvalue weighted by Gasteiger charge is 2.23. The van der Waals surface area contributed by atoms with E-state index in [-0.39, 0.29) is 17.6 Å². The van der Waals surface area contributed by atoms with E-state index in [0.717, 1.165) is 19.4 Å². The van der Waals surface area contributed by atoms with Gasteiger partial charge in [0.05, 0.1) is 22.2 Å². The number of anilines is 1. The number of nitrogens with one attached hydrogen (secondary N) is 2. The molecule has 6 nitrogen and oxygen atoms in total. The van der Waals surface area contributed by atoms with E-state index in [2.05, 4.69) is 10.6 Å². The molecule has 1 aliphatic rings. The monoisotopic (exact) mass is 249 g/mol. The number of carbonyl (C=O) groups excluding carboxylic acids is 1. The van der Waals surface area contributed by atoms with Crippen molar-refractivity contribution in [2.75, 3.05) is 11.9 Å². The second-order valence-electron chi connectivity index (χ2n) is 4.34. The minimum Gasteiger partial charge on any atom is -0.324 e. The minimum atomic E-state index is -0.446. The number of hydrogen-bond acceptors (Lipinski definition) is 4. The molecule has 1 fully saturated rings. The van der Waals surface area contributed by atoms with Crippen molar-refractivity contribution in [1.29, 1.82) is 0 Å². The summed E-state index contributed by atoms with van der Waals surface area (Å²) in [5, 5.41) is 16.6. The van der Waals surface area contributed by atoms with Gasteiger partial charge in [-0.1, -0.05) is 6.07 Å². The van der Waals surface area contributed by atoms with Gasteiger partial charge in [-0.25, -0.2) is 0 Å². The molecule has 1 amide bonds. The predicted molar refractivity (Wildman–Crippen MR) is 67.5 cm³/mol. The fourth-order valence-corrected chi connectivity index (χ4v) is 2.08. The zero-order chi connectivity index (χ0) is 13.1. The molecule has 2 N–H and O–H groups in total. The van der Waals surface area contributed by atoms with Crippen LogP contribution in [0.1, 0.15) is 18.4 Å². The van der Waals surface area contributed by atoms with E-state index in [1.54, 1.807) is 19.1 Å². The van der Waals surface area contributed by atoms with Crippen molar-refractivity contribution >= 4 is 17.3 Å². The van der Waals surface area contributed by atoms with Crippen LogP contribution in [0.5, 0.6) is 0 Å². The molecule has 1 aromatic carbocycles. The molecule has 6 heteroatoms. The van der Waals surface area contributed by atoms with E-state index in [4.69, 9.17) is 0 Å². The van der Waals surface area contributed by atoms with Crippen LogP contribution < -0.4 is 10.6 Å². The normalized spacial score (nSPS) is 18.6. The molecule has 1 aromatic rings. The van der Waals surface area contributed by atoms with Gasteiger partial charge in [-0.15, -0.1) is 0 Å². The Morgan fingerprint density at radius 3 is 2.94 bits per heavy atom. The maximum Gasteiger partial charge on any atom is 0.274 e. The lowest BCUT2D eigenvalue weighted by Gasteiger charge is -2.12. The summed E-state index contributed by atoms with van der Waals surface area (Å²) in [6, 6.07) is 4.49. The fourth-order valence-electron chi connectivity index (χ4n) is 2.08. The molecule has 0 aromatic heterocycles. The number of nitro benzene ring substituents is 1. The van der Waals surface area contributed by atoms with Crippen LogP contribution in [0.3, 0.4) is 0 Å². The summed E-state index contributed by atoms with van der Waals surface area (Å²) in [5.74, 6) is -0.129. The van der Waals surface area contributed by atoms with Crippen molar-refractivity contribution in [3.8, 4) is 0 Å². The van der Waals surface area contributed by atoms with E-state index < -0.39 is 4.92 Å². The van der Waals surface area contributed by atoms with Crippen molar-refractivity contribution in [2.24, 2.45) is 0 Å². The topological polar surface area (TPSA) is 84.3 Å². The number of nitrogens with zero attached hydrogens (tertiary/aromatic N) is 1. The zero-order valence-corrected chi connectivity index (χ0v) is 10.1. The van der Waals surface area contributed by atoms with Crippen molar-refractivity contribution in [3.05, 3.63) is 33.9 Å². The lowest BCUT2D eigenvalue weighted by atomic mass is 10.1. The second kappa shape index (κ2) is 5.14. The Kier molecular flexibility index (Phi) is 3.57. The lowest BCUT2D eigenvalue weighted by Crippen LogP contribution is -2.35. The molecule has 0 aliphatic carbocycles. The minimum absolute atomic E-state index is 0.0205. The summed E-state index contributed by atoms with van der Waals surface area (Å²) >= 11 is 0. The third-order valence-electron chi connectivity index (χ3n) is 3.14. The van der Waals surface area contributed by atoms with Gasteiger partial charge in [0.15, 0.2) is 0 Å². The van der Waals surface area contributed by atoms with E-state index in [9.17, 15) is 14.9 Å². The Hall–Kier alpha value is -1.95. The van der Waals surface area contributed by atoms with Crippen LogP contribution in [0.15, 0.2) is 18.2 Å². The average molecular weight is 249 g/mol. The highest BCUT2D eigenvalue weighted by molar-refractivity contribution is 5.96. The Balaban J connectivity index is 2.16. The first kappa shape index (κ1) is 12.5. The molecular formula is C12H15N3O3. The van der Waals surface area contributed by atoms with Crippen LogP contribution in [0.2, 0.25) is 0 Å². The zero-order valence-electron chi connectivity index (χ0n) is 10.1. The van der Waals surface area contributed by atoms with Gasteiger partial charge in [0, 0.05) is 6.07 Å². The number of hydrogen-bond donors (Lipinski definition) is 2. The molecular weight excluding hydrogens is 234 g/mol. The predicted octanol–water partition coefficient (Wildman–Crippen LogP) is 1.59. The Labute approximate surface area is 105 Å². The molecule has 0 unspecified atom stereocenters. The Morgan fingerprint density at radius 2 is 2.33 bits per heavy atom. The van der Waals surface area contributed by atoms with Gasteiger partial charge in [0.25, 0.3) is 5.69 Å². The molecule has 0 saturated carbocycles. The lowest BCUT2D eigenvalue weighted by molar-refractivity contribution is -0.385. The highest BCUT2D eigenvalue weighted by Crippen LogP contribution is 2.25. The summed E-state index contributed by atoms with van der Waals surface area (Å²) in [7, 11) is 0. The van der Waals surface area contributed by atoms with Gasteiger partial charge in [0.1, 0.15) is 0 Å². The molecule has 1 aliphatic heterocycles. The van der Waals surface area contributed by atoms with Gasteiger partial charge in [-0.05, 0) is 32.4 Å². The first-order valence-electron chi connectivity index (χ1n) is 5.88. The van der Waals surface area contributed by atoms with Crippen molar-refractivity contribution < 1.29 is 9.72 Å². The maximum atomic E-state index is 11.9. The average Bonchev–Trinajstić information content (AvgIpc) is 2.85. The van der Waals surface area contributed by atoms with Crippen LogP contribution in [0, 0.1) is 17.0 Å². The highest BCUT2D eigenvalue weighted by atomic mass is 16.6. The van der Waals surface area contributed by atoms with Gasteiger partial charge in [-0.2, -0.15) is 0 Å². The first-order valence-corrected chi connectivity index (χ1v) is 5.88. The molecule has 18 heavy (non-hydrogen) atoms. The number of amides is 1. The first-order chi connectivity index (χ1) is 8.59. The quantitative estimate of drug-likeness (QED) is 0.629. The molecule has 0 radical (unpaired) electrons.